The Kier molecular flexibility index (Phi) is 5.02. The van der Waals surface area contributed by atoms with Gasteiger partial charge in [0.05, 0.1) is 16.9 Å². The van der Waals surface area contributed by atoms with E-state index in [-0.39, 0.29) is 11.5 Å². The number of amides is 1. The molecular weight excluding hydrogens is 415 g/mol. The maximum absolute atomic E-state index is 13.8. The van der Waals surface area contributed by atoms with Gasteiger partial charge in [-0.3, -0.25) is 4.79 Å². The summed E-state index contributed by atoms with van der Waals surface area (Å²) in [5, 5.41) is 13.6. The van der Waals surface area contributed by atoms with Crippen molar-refractivity contribution in [2.24, 2.45) is 0 Å². The second-order valence-corrected chi connectivity index (χ2v) is 8.22. The van der Waals surface area contributed by atoms with Crippen LogP contribution in [0.5, 0.6) is 0 Å². The lowest BCUT2D eigenvalue weighted by Crippen LogP contribution is -2.30. The van der Waals surface area contributed by atoms with Crippen molar-refractivity contribution in [1.82, 2.24) is 9.78 Å². The number of nitriles is 1. The summed E-state index contributed by atoms with van der Waals surface area (Å²) in [5.41, 5.74) is 6.96. The minimum Gasteiger partial charge on any atom is -0.306 e. The molecule has 0 fully saturated rings. The van der Waals surface area contributed by atoms with Crippen molar-refractivity contribution < 1.29 is 9.18 Å². The van der Waals surface area contributed by atoms with Crippen molar-refractivity contribution in [3.8, 4) is 22.9 Å². The highest BCUT2D eigenvalue weighted by atomic mass is 19.1. The maximum atomic E-state index is 13.8. The molecule has 0 saturated carbocycles. The summed E-state index contributed by atoms with van der Waals surface area (Å²) in [4.78, 5) is 15.3. The van der Waals surface area contributed by atoms with E-state index in [9.17, 15) is 14.4 Å². The number of fused-ring (bicyclic) bond motifs is 1. The number of aryl methyl sites for hydroxylation is 2. The molecule has 1 aliphatic rings. The molecule has 0 saturated heterocycles. The molecule has 1 aliphatic heterocycles. The van der Waals surface area contributed by atoms with Gasteiger partial charge >= 0.3 is 0 Å². The first kappa shape index (κ1) is 20.7. The number of hydrogen-bond donors (Lipinski definition) is 0. The van der Waals surface area contributed by atoms with Gasteiger partial charge in [0.1, 0.15) is 17.6 Å². The quantitative estimate of drug-likeness (QED) is 0.434. The Balaban J connectivity index is 1.51. The fourth-order valence-corrected chi connectivity index (χ4v) is 4.39. The SMILES string of the molecule is Cc1cc(C(=O)N2CCc3cc(-c4ccccc4C)ccc32)n(-c2ccc(F)c(C#N)c2)n1. The number of nitrogens with zero attached hydrogens (tertiary/aromatic N) is 4. The summed E-state index contributed by atoms with van der Waals surface area (Å²) < 4.78 is 15.3. The number of benzene rings is 3. The van der Waals surface area contributed by atoms with Crippen molar-refractivity contribution >= 4 is 11.6 Å². The van der Waals surface area contributed by atoms with Crippen LogP contribution in [0.3, 0.4) is 0 Å². The van der Waals surface area contributed by atoms with Crippen molar-refractivity contribution in [1.29, 1.82) is 5.26 Å². The Morgan fingerprint density at radius 2 is 1.88 bits per heavy atom. The zero-order valence-corrected chi connectivity index (χ0v) is 18.3. The van der Waals surface area contributed by atoms with Crippen LogP contribution in [-0.2, 0) is 6.42 Å². The normalized spacial score (nSPS) is 12.5. The second kappa shape index (κ2) is 8.03. The predicted molar refractivity (Wildman–Crippen MR) is 125 cm³/mol. The Bertz CT molecular complexity index is 1450. The summed E-state index contributed by atoms with van der Waals surface area (Å²) in [6.45, 7) is 4.46. The average molecular weight is 436 g/mol. The minimum atomic E-state index is -0.601. The van der Waals surface area contributed by atoms with Crippen LogP contribution in [0.2, 0.25) is 0 Å². The highest BCUT2D eigenvalue weighted by molar-refractivity contribution is 6.06. The Morgan fingerprint density at radius 1 is 1.06 bits per heavy atom. The smallest absolute Gasteiger partial charge is 0.277 e. The number of hydrogen-bond acceptors (Lipinski definition) is 3. The van der Waals surface area contributed by atoms with E-state index in [2.05, 4.69) is 36.3 Å². The molecule has 1 aromatic heterocycles. The van der Waals surface area contributed by atoms with E-state index in [1.54, 1.807) is 17.9 Å². The van der Waals surface area contributed by atoms with Gasteiger partial charge in [-0.15, -0.1) is 0 Å². The molecule has 2 heterocycles. The maximum Gasteiger partial charge on any atom is 0.277 e. The number of aromatic nitrogens is 2. The molecule has 4 aromatic rings. The van der Waals surface area contributed by atoms with Crippen LogP contribution in [0.1, 0.15) is 32.9 Å². The highest BCUT2D eigenvalue weighted by Gasteiger charge is 2.29. The average Bonchev–Trinajstić information content (AvgIpc) is 3.42. The van der Waals surface area contributed by atoms with E-state index in [0.29, 0.717) is 23.6 Å². The van der Waals surface area contributed by atoms with Gasteiger partial charge in [-0.2, -0.15) is 10.4 Å². The van der Waals surface area contributed by atoms with Gasteiger partial charge in [0.25, 0.3) is 5.91 Å². The van der Waals surface area contributed by atoms with Gasteiger partial charge < -0.3 is 4.90 Å². The van der Waals surface area contributed by atoms with E-state index in [4.69, 9.17) is 0 Å². The van der Waals surface area contributed by atoms with E-state index < -0.39 is 5.82 Å². The predicted octanol–water partition coefficient (Wildman–Crippen LogP) is 5.37. The van der Waals surface area contributed by atoms with Crippen LogP contribution in [0.25, 0.3) is 16.8 Å². The summed E-state index contributed by atoms with van der Waals surface area (Å²) in [6.07, 6.45) is 0.767. The summed E-state index contributed by atoms with van der Waals surface area (Å²) >= 11 is 0. The number of rotatable bonds is 3. The highest BCUT2D eigenvalue weighted by Crippen LogP contribution is 2.34. The van der Waals surface area contributed by atoms with E-state index >= 15 is 0 Å². The van der Waals surface area contributed by atoms with E-state index in [1.165, 1.54) is 34.0 Å². The second-order valence-electron chi connectivity index (χ2n) is 8.22. The van der Waals surface area contributed by atoms with E-state index in [1.807, 2.05) is 24.3 Å². The van der Waals surface area contributed by atoms with Gasteiger partial charge in [0.15, 0.2) is 0 Å². The largest absolute Gasteiger partial charge is 0.306 e. The first-order valence-corrected chi connectivity index (χ1v) is 10.7. The molecule has 5 nitrogen and oxygen atoms in total. The lowest BCUT2D eigenvalue weighted by atomic mass is 9.98. The standard InChI is InChI=1S/C27H21FN4O/c1-17-5-3-4-6-23(17)19-7-10-25-20(14-19)11-12-31(25)27(33)26-13-18(2)30-32(26)22-8-9-24(28)21(15-22)16-29/h3-10,13-15H,11-12H2,1-2H3. The number of carbonyl (C=O) groups is 1. The molecule has 0 radical (unpaired) electrons. The third kappa shape index (κ3) is 3.58. The van der Waals surface area contributed by atoms with Crippen LogP contribution < -0.4 is 4.90 Å². The molecule has 162 valence electrons. The van der Waals surface area contributed by atoms with Crippen LogP contribution in [0.4, 0.5) is 10.1 Å². The molecule has 0 unspecified atom stereocenters. The van der Waals surface area contributed by atoms with Crippen LogP contribution in [-0.4, -0.2) is 22.2 Å². The summed E-state index contributed by atoms with van der Waals surface area (Å²) in [7, 11) is 0. The molecule has 0 N–H and O–H groups in total. The lowest BCUT2D eigenvalue weighted by Gasteiger charge is -2.18. The first-order chi connectivity index (χ1) is 16.0. The number of halogens is 1. The molecule has 3 aromatic carbocycles. The summed E-state index contributed by atoms with van der Waals surface area (Å²) in [5.74, 6) is -0.781. The summed E-state index contributed by atoms with van der Waals surface area (Å²) in [6, 6.07) is 22.2. The van der Waals surface area contributed by atoms with E-state index in [0.717, 1.165) is 23.2 Å². The van der Waals surface area contributed by atoms with Crippen molar-refractivity contribution in [3.63, 3.8) is 0 Å². The van der Waals surface area contributed by atoms with Crippen LogP contribution >= 0.6 is 0 Å². The molecule has 0 aliphatic carbocycles. The Hall–Kier alpha value is -4.24. The van der Waals surface area contributed by atoms with Gasteiger partial charge in [-0.05, 0) is 78.9 Å². The third-order valence-electron chi connectivity index (χ3n) is 6.04. The van der Waals surface area contributed by atoms with Gasteiger partial charge in [0.2, 0.25) is 0 Å². The molecule has 33 heavy (non-hydrogen) atoms. The van der Waals surface area contributed by atoms with Crippen LogP contribution in [0.15, 0.2) is 66.7 Å². The minimum absolute atomic E-state index is 0.0886. The molecule has 5 rings (SSSR count). The molecule has 0 atom stereocenters. The zero-order valence-electron chi connectivity index (χ0n) is 18.3. The van der Waals surface area contributed by atoms with Crippen molar-refractivity contribution in [2.75, 3.05) is 11.4 Å². The fourth-order valence-electron chi connectivity index (χ4n) is 4.39. The Labute approximate surface area is 191 Å². The molecule has 0 spiro atoms. The lowest BCUT2D eigenvalue weighted by molar-refractivity contribution is 0.0982. The van der Waals surface area contributed by atoms with Gasteiger partial charge in [0, 0.05) is 12.2 Å². The molecular formula is C27H21FN4O. The zero-order chi connectivity index (χ0) is 23.1. The number of anilines is 1. The first-order valence-electron chi connectivity index (χ1n) is 10.7. The monoisotopic (exact) mass is 436 g/mol. The fraction of sp³-hybridized carbons (Fsp3) is 0.148. The van der Waals surface area contributed by atoms with Gasteiger partial charge in [-0.25, -0.2) is 9.07 Å². The third-order valence-corrected chi connectivity index (χ3v) is 6.04. The topological polar surface area (TPSA) is 61.9 Å². The molecule has 0 bridgehead atoms. The number of carbonyl (C=O) groups excluding carboxylic acids is 1. The van der Waals surface area contributed by atoms with Crippen LogP contribution in [0, 0.1) is 31.0 Å². The Morgan fingerprint density at radius 3 is 2.67 bits per heavy atom. The van der Waals surface area contributed by atoms with Crippen molar-refractivity contribution in [3.05, 3.63) is 101 Å². The molecule has 6 heteroatoms. The molecule has 1 amide bonds. The van der Waals surface area contributed by atoms with Gasteiger partial charge in [-0.1, -0.05) is 30.3 Å². The van der Waals surface area contributed by atoms with Crippen molar-refractivity contribution in [2.45, 2.75) is 20.3 Å².